The van der Waals surface area contributed by atoms with Crippen LogP contribution in [-0.2, 0) is 20.9 Å². The molecule has 0 saturated carbocycles. The van der Waals surface area contributed by atoms with Crippen molar-refractivity contribution in [2.24, 2.45) is 0 Å². The Morgan fingerprint density at radius 1 is 1.18 bits per heavy atom. The molecule has 0 fully saturated rings. The zero-order chi connectivity index (χ0) is 23.4. The van der Waals surface area contributed by atoms with Gasteiger partial charge in [-0.1, -0.05) is 29.8 Å². The Bertz CT molecular complexity index is 1230. The summed E-state index contributed by atoms with van der Waals surface area (Å²) in [5.41, 5.74) is 3.94. The molecule has 0 saturated heterocycles. The highest BCUT2D eigenvalue weighted by atomic mass is 35.5. The Morgan fingerprint density at radius 2 is 1.97 bits per heavy atom. The predicted molar refractivity (Wildman–Crippen MR) is 123 cm³/mol. The van der Waals surface area contributed by atoms with E-state index in [0.717, 1.165) is 22.5 Å². The molecule has 3 aromatic rings. The molecule has 1 aliphatic rings. The topological polar surface area (TPSA) is 91.7 Å². The van der Waals surface area contributed by atoms with Gasteiger partial charge in [-0.05, 0) is 43.7 Å². The van der Waals surface area contributed by atoms with Crippen molar-refractivity contribution >= 4 is 35.2 Å². The second-order valence-corrected chi connectivity index (χ2v) is 7.80. The number of ether oxygens (including phenoxy) is 3. The lowest BCUT2D eigenvalue weighted by Gasteiger charge is -2.07. The summed E-state index contributed by atoms with van der Waals surface area (Å²) in [5.74, 6) is 0.0721. The van der Waals surface area contributed by atoms with Crippen LogP contribution in [0.25, 0.3) is 6.08 Å². The van der Waals surface area contributed by atoms with Crippen LogP contribution in [0, 0.1) is 13.8 Å². The van der Waals surface area contributed by atoms with Gasteiger partial charge < -0.3 is 19.5 Å². The highest BCUT2D eigenvalue weighted by Crippen LogP contribution is 2.34. The van der Waals surface area contributed by atoms with Crippen molar-refractivity contribution in [3.63, 3.8) is 0 Å². The number of rotatable bonds is 7. The standard InChI is InChI=1S/C24H22ClN3O5/c1-15-19(16(2)28(27-15)12-17-5-3-4-6-20(17)25)8-10-24(30)31-13-23(29)26-18-7-9-21-22(11-18)33-14-32-21/h3-11H,12-14H2,1-2H3,(H,26,29)/b10-8+. The molecule has 0 radical (unpaired) electrons. The molecule has 8 nitrogen and oxygen atoms in total. The number of hydrogen-bond acceptors (Lipinski definition) is 6. The van der Waals surface area contributed by atoms with Gasteiger partial charge in [0.25, 0.3) is 5.91 Å². The molecule has 0 spiro atoms. The summed E-state index contributed by atoms with van der Waals surface area (Å²) in [6.07, 6.45) is 2.92. The van der Waals surface area contributed by atoms with Crippen LogP contribution >= 0.6 is 11.6 Å². The van der Waals surface area contributed by atoms with E-state index in [9.17, 15) is 9.59 Å². The number of esters is 1. The van der Waals surface area contributed by atoms with E-state index in [1.54, 1.807) is 24.3 Å². The van der Waals surface area contributed by atoms with Crippen molar-refractivity contribution in [1.29, 1.82) is 0 Å². The van der Waals surface area contributed by atoms with Gasteiger partial charge in [0.1, 0.15) is 0 Å². The molecule has 33 heavy (non-hydrogen) atoms. The Kier molecular flexibility index (Phi) is 6.65. The number of aryl methyl sites for hydroxylation is 1. The molecule has 0 aliphatic carbocycles. The van der Waals surface area contributed by atoms with Crippen molar-refractivity contribution in [3.05, 3.63) is 76.1 Å². The zero-order valence-electron chi connectivity index (χ0n) is 18.1. The molecule has 1 amide bonds. The number of anilines is 1. The van der Waals surface area contributed by atoms with Crippen LogP contribution in [0.3, 0.4) is 0 Å². The van der Waals surface area contributed by atoms with Gasteiger partial charge in [-0.25, -0.2) is 4.79 Å². The molecule has 1 N–H and O–H groups in total. The first-order chi connectivity index (χ1) is 15.9. The number of fused-ring (bicyclic) bond motifs is 1. The third-order valence-corrected chi connectivity index (χ3v) is 5.47. The van der Waals surface area contributed by atoms with Crippen molar-refractivity contribution in [3.8, 4) is 11.5 Å². The molecule has 0 unspecified atom stereocenters. The summed E-state index contributed by atoms with van der Waals surface area (Å²) < 4.78 is 17.4. The first-order valence-corrected chi connectivity index (χ1v) is 10.6. The van der Waals surface area contributed by atoms with Gasteiger partial charge in [0.05, 0.1) is 12.2 Å². The Morgan fingerprint density at radius 3 is 2.79 bits per heavy atom. The molecule has 0 atom stereocenters. The average molecular weight is 468 g/mol. The van der Waals surface area contributed by atoms with Crippen LogP contribution in [0.4, 0.5) is 5.69 Å². The summed E-state index contributed by atoms with van der Waals surface area (Å²) >= 11 is 6.25. The summed E-state index contributed by atoms with van der Waals surface area (Å²) in [6, 6.07) is 12.6. The third kappa shape index (κ3) is 5.35. The van der Waals surface area contributed by atoms with Crippen LogP contribution in [0.5, 0.6) is 11.5 Å². The number of aromatic nitrogens is 2. The fourth-order valence-corrected chi connectivity index (χ4v) is 3.60. The molecule has 1 aromatic heterocycles. The predicted octanol–water partition coefficient (Wildman–Crippen LogP) is 4.13. The lowest BCUT2D eigenvalue weighted by molar-refractivity contribution is -0.142. The average Bonchev–Trinajstić information content (AvgIpc) is 3.36. The van der Waals surface area contributed by atoms with Gasteiger partial charge in [0, 0.05) is 34.1 Å². The second kappa shape index (κ2) is 9.79. The lowest BCUT2D eigenvalue weighted by atomic mass is 10.1. The minimum absolute atomic E-state index is 0.147. The molecule has 2 heterocycles. The third-order valence-electron chi connectivity index (χ3n) is 5.10. The number of amides is 1. The van der Waals surface area contributed by atoms with E-state index in [1.165, 1.54) is 6.08 Å². The van der Waals surface area contributed by atoms with E-state index in [0.29, 0.717) is 28.8 Å². The summed E-state index contributed by atoms with van der Waals surface area (Å²) in [6.45, 7) is 4.03. The normalized spacial score (nSPS) is 12.2. The fourth-order valence-electron chi connectivity index (χ4n) is 3.40. The number of benzene rings is 2. The SMILES string of the molecule is Cc1nn(Cc2ccccc2Cl)c(C)c1/C=C/C(=O)OCC(=O)Nc1ccc2c(c1)OCO2. The smallest absolute Gasteiger partial charge is 0.331 e. The highest BCUT2D eigenvalue weighted by Gasteiger charge is 2.15. The fraction of sp³-hybridized carbons (Fsp3) is 0.208. The zero-order valence-corrected chi connectivity index (χ0v) is 18.9. The minimum Gasteiger partial charge on any atom is -0.454 e. The quantitative estimate of drug-likeness (QED) is 0.415. The summed E-state index contributed by atoms with van der Waals surface area (Å²) in [7, 11) is 0. The first-order valence-electron chi connectivity index (χ1n) is 10.2. The van der Waals surface area contributed by atoms with E-state index in [4.69, 9.17) is 25.8 Å². The molecular weight excluding hydrogens is 446 g/mol. The van der Waals surface area contributed by atoms with Crippen LogP contribution in [-0.4, -0.2) is 35.1 Å². The van der Waals surface area contributed by atoms with Crippen molar-refractivity contribution in [2.75, 3.05) is 18.7 Å². The van der Waals surface area contributed by atoms with Crippen LogP contribution < -0.4 is 14.8 Å². The Balaban J connectivity index is 1.32. The maximum Gasteiger partial charge on any atom is 0.331 e. The first kappa shape index (κ1) is 22.4. The highest BCUT2D eigenvalue weighted by molar-refractivity contribution is 6.31. The van der Waals surface area contributed by atoms with Gasteiger partial charge in [-0.3, -0.25) is 9.48 Å². The molecule has 2 aromatic carbocycles. The number of nitrogens with one attached hydrogen (secondary N) is 1. The molecule has 0 bridgehead atoms. The number of nitrogens with zero attached hydrogens (tertiary/aromatic N) is 2. The Hall–Kier alpha value is -3.78. The van der Waals surface area contributed by atoms with Gasteiger partial charge in [-0.2, -0.15) is 5.10 Å². The number of halogens is 1. The van der Waals surface area contributed by atoms with Crippen molar-refractivity contribution in [2.45, 2.75) is 20.4 Å². The minimum atomic E-state index is -0.631. The summed E-state index contributed by atoms with van der Waals surface area (Å²) in [5, 5.41) is 7.86. The van der Waals surface area contributed by atoms with Crippen molar-refractivity contribution < 1.29 is 23.8 Å². The number of carbonyl (C=O) groups excluding carboxylic acids is 2. The largest absolute Gasteiger partial charge is 0.454 e. The maximum atomic E-state index is 12.1. The molecular formula is C24H22ClN3O5. The maximum absolute atomic E-state index is 12.1. The summed E-state index contributed by atoms with van der Waals surface area (Å²) in [4.78, 5) is 24.2. The van der Waals surface area contributed by atoms with Crippen LogP contribution in [0.2, 0.25) is 5.02 Å². The monoisotopic (exact) mass is 467 g/mol. The molecule has 1 aliphatic heterocycles. The molecule has 4 rings (SSSR count). The molecule has 170 valence electrons. The van der Waals surface area contributed by atoms with E-state index >= 15 is 0 Å². The second-order valence-electron chi connectivity index (χ2n) is 7.39. The van der Waals surface area contributed by atoms with E-state index in [1.807, 2.05) is 42.8 Å². The Labute approximate surface area is 195 Å². The lowest BCUT2D eigenvalue weighted by Crippen LogP contribution is -2.20. The van der Waals surface area contributed by atoms with E-state index in [-0.39, 0.29) is 6.79 Å². The van der Waals surface area contributed by atoms with Gasteiger partial charge in [0.15, 0.2) is 18.1 Å². The van der Waals surface area contributed by atoms with Gasteiger partial charge >= 0.3 is 5.97 Å². The van der Waals surface area contributed by atoms with Crippen molar-refractivity contribution in [1.82, 2.24) is 9.78 Å². The number of carbonyl (C=O) groups is 2. The number of hydrogen-bond donors (Lipinski definition) is 1. The van der Waals surface area contributed by atoms with Gasteiger partial charge in [-0.15, -0.1) is 0 Å². The van der Waals surface area contributed by atoms with E-state index in [2.05, 4.69) is 10.4 Å². The van der Waals surface area contributed by atoms with Gasteiger partial charge in [0.2, 0.25) is 6.79 Å². The van der Waals surface area contributed by atoms with Crippen LogP contribution in [0.1, 0.15) is 22.5 Å². The molecule has 9 heteroatoms. The van der Waals surface area contributed by atoms with Crippen LogP contribution in [0.15, 0.2) is 48.5 Å². The van der Waals surface area contributed by atoms with E-state index < -0.39 is 18.5 Å².